The second-order valence-electron chi connectivity index (χ2n) is 6.00. The van der Waals surface area contributed by atoms with E-state index < -0.39 is 0 Å². The maximum atomic E-state index is 12.3. The molecule has 3 rings (SSSR count). The zero-order valence-corrected chi connectivity index (χ0v) is 15.1. The fourth-order valence-electron chi connectivity index (χ4n) is 2.61. The number of unbranched alkanes of at least 4 members (excludes halogenated alkanes) is 5. The predicted octanol–water partition coefficient (Wildman–Crippen LogP) is 3.96. The number of hydrogen-bond donors (Lipinski definition) is 2. The van der Waals surface area contributed by atoms with Crippen molar-refractivity contribution in [3.8, 4) is 0 Å². The third kappa shape index (κ3) is 4.82. The van der Waals surface area contributed by atoms with Gasteiger partial charge in [0, 0.05) is 12.0 Å². The summed E-state index contributed by atoms with van der Waals surface area (Å²) in [5.41, 5.74) is 1.91. The van der Waals surface area contributed by atoms with Gasteiger partial charge < -0.3 is 0 Å². The summed E-state index contributed by atoms with van der Waals surface area (Å²) < 4.78 is 0. The van der Waals surface area contributed by atoms with Gasteiger partial charge in [0.2, 0.25) is 5.13 Å². The largest absolute Gasteiger partial charge is 0.296 e. The average Bonchev–Trinajstić information content (AvgIpc) is 3.26. The highest BCUT2D eigenvalue weighted by Crippen LogP contribution is 2.19. The fourth-order valence-corrected chi connectivity index (χ4v) is 3.39. The first-order chi connectivity index (χ1) is 12.3. The fraction of sp³-hybridized carbons (Fsp3) is 0.471. The van der Waals surface area contributed by atoms with E-state index in [1.807, 2.05) is 0 Å². The zero-order chi connectivity index (χ0) is 17.5. The Labute approximate surface area is 150 Å². The molecule has 132 valence electrons. The highest BCUT2D eigenvalue weighted by atomic mass is 32.1. The smallest absolute Gasteiger partial charge is 0.257 e. The molecular weight excluding hydrogens is 336 g/mol. The molecule has 1 amide bonds. The summed E-state index contributed by atoms with van der Waals surface area (Å²) in [5.74, 6) is -0.216. The lowest BCUT2D eigenvalue weighted by atomic mass is 10.1. The Bertz CT molecular complexity index is 827. The molecule has 2 heterocycles. The molecule has 2 aromatic heterocycles. The zero-order valence-electron chi connectivity index (χ0n) is 14.3. The number of fused-ring (bicyclic) bond motifs is 1. The lowest BCUT2D eigenvalue weighted by molar-refractivity contribution is 0.102. The highest BCUT2D eigenvalue weighted by Gasteiger charge is 2.11. The van der Waals surface area contributed by atoms with E-state index in [9.17, 15) is 4.79 Å². The van der Waals surface area contributed by atoms with Gasteiger partial charge in [0.1, 0.15) is 16.0 Å². The van der Waals surface area contributed by atoms with Crippen molar-refractivity contribution in [2.45, 2.75) is 51.9 Å². The van der Waals surface area contributed by atoms with E-state index >= 15 is 0 Å². The van der Waals surface area contributed by atoms with Crippen LogP contribution < -0.4 is 5.32 Å². The predicted molar refractivity (Wildman–Crippen MR) is 98.8 cm³/mol. The highest BCUT2D eigenvalue weighted by molar-refractivity contribution is 7.15. The Morgan fingerprint density at radius 3 is 2.76 bits per heavy atom. The molecular formula is C17H22N6OS. The summed E-state index contributed by atoms with van der Waals surface area (Å²) in [7, 11) is 0. The lowest BCUT2D eigenvalue weighted by Crippen LogP contribution is -2.11. The van der Waals surface area contributed by atoms with Crippen LogP contribution in [0.15, 0.2) is 18.2 Å². The van der Waals surface area contributed by atoms with Crippen LogP contribution in [0.2, 0.25) is 0 Å². The van der Waals surface area contributed by atoms with Gasteiger partial charge in [-0.2, -0.15) is 15.4 Å². The number of rotatable bonds is 9. The molecule has 0 spiro atoms. The van der Waals surface area contributed by atoms with Gasteiger partial charge in [0.25, 0.3) is 5.91 Å². The summed E-state index contributed by atoms with van der Waals surface area (Å²) in [6.07, 6.45) is 8.43. The van der Waals surface area contributed by atoms with Crippen molar-refractivity contribution in [2.24, 2.45) is 0 Å². The van der Waals surface area contributed by atoms with Crippen molar-refractivity contribution in [2.75, 3.05) is 5.32 Å². The van der Waals surface area contributed by atoms with Gasteiger partial charge in [-0.15, -0.1) is 10.2 Å². The maximum Gasteiger partial charge on any atom is 0.257 e. The number of nitrogens with one attached hydrogen (secondary N) is 2. The van der Waals surface area contributed by atoms with E-state index in [2.05, 4.69) is 37.8 Å². The number of nitrogens with zero attached hydrogens (tertiary/aromatic N) is 4. The molecule has 7 nitrogen and oxygen atoms in total. The first kappa shape index (κ1) is 17.5. The average molecular weight is 358 g/mol. The Hall–Kier alpha value is -2.35. The minimum absolute atomic E-state index is 0.216. The number of aromatic nitrogens is 5. The van der Waals surface area contributed by atoms with E-state index in [1.54, 1.807) is 18.2 Å². The first-order valence-corrected chi connectivity index (χ1v) is 9.52. The lowest BCUT2D eigenvalue weighted by Gasteiger charge is -2.00. The molecule has 0 saturated heterocycles. The van der Waals surface area contributed by atoms with Crippen LogP contribution in [-0.2, 0) is 6.42 Å². The standard InChI is InChI=1S/C17H22N6OS/c1-2-3-4-5-6-7-8-15-21-22-17(25-15)18-16(24)12-9-10-13-14(11-12)20-23-19-13/h9-11H,2-8H2,1H3,(H,18,22,24)(H,19,20,23). The summed E-state index contributed by atoms with van der Waals surface area (Å²) >= 11 is 1.44. The second-order valence-corrected chi connectivity index (χ2v) is 7.06. The molecule has 3 aromatic rings. The van der Waals surface area contributed by atoms with Crippen LogP contribution in [0.4, 0.5) is 5.13 Å². The number of anilines is 1. The molecule has 0 unspecified atom stereocenters. The molecule has 0 aliphatic heterocycles. The van der Waals surface area contributed by atoms with E-state index in [0.29, 0.717) is 16.2 Å². The van der Waals surface area contributed by atoms with Gasteiger partial charge in [-0.1, -0.05) is 50.4 Å². The van der Waals surface area contributed by atoms with Gasteiger partial charge in [-0.05, 0) is 24.6 Å². The van der Waals surface area contributed by atoms with Crippen molar-refractivity contribution >= 4 is 33.4 Å². The van der Waals surface area contributed by atoms with Crippen molar-refractivity contribution in [3.05, 3.63) is 28.8 Å². The normalized spacial score (nSPS) is 11.1. The van der Waals surface area contributed by atoms with Crippen LogP contribution >= 0.6 is 11.3 Å². The van der Waals surface area contributed by atoms with E-state index in [0.717, 1.165) is 23.4 Å². The van der Waals surface area contributed by atoms with Crippen LogP contribution in [-0.4, -0.2) is 31.5 Å². The molecule has 0 aliphatic carbocycles. The number of carbonyl (C=O) groups excluding carboxylic acids is 1. The molecule has 0 bridgehead atoms. The number of amides is 1. The first-order valence-electron chi connectivity index (χ1n) is 8.70. The Kier molecular flexibility index (Phi) is 6.05. The number of carbonyl (C=O) groups is 1. The van der Waals surface area contributed by atoms with E-state index in [4.69, 9.17) is 0 Å². The number of hydrogen-bond acceptors (Lipinski definition) is 6. The molecule has 0 atom stereocenters. The Balaban J connectivity index is 1.49. The van der Waals surface area contributed by atoms with Gasteiger partial charge >= 0.3 is 0 Å². The van der Waals surface area contributed by atoms with Crippen molar-refractivity contribution in [1.82, 2.24) is 25.6 Å². The van der Waals surface area contributed by atoms with Crippen LogP contribution in [0.25, 0.3) is 11.0 Å². The van der Waals surface area contributed by atoms with Gasteiger partial charge in [0.05, 0.1) is 0 Å². The van der Waals surface area contributed by atoms with Crippen LogP contribution in [0.5, 0.6) is 0 Å². The molecule has 0 fully saturated rings. The molecule has 1 aromatic carbocycles. The van der Waals surface area contributed by atoms with Crippen molar-refractivity contribution < 1.29 is 4.79 Å². The number of benzene rings is 1. The van der Waals surface area contributed by atoms with Crippen molar-refractivity contribution in [1.29, 1.82) is 0 Å². The Morgan fingerprint density at radius 2 is 1.88 bits per heavy atom. The Morgan fingerprint density at radius 1 is 1.08 bits per heavy atom. The molecule has 0 aliphatic rings. The van der Waals surface area contributed by atoms with Crippen LogP contribution in [0.3, 0.4) is 0 Å². The number of aryl methyl sites for hydroxylation is 1. The monoisotopic (exact) mass is 358 g/mol. The van der Waals surface area contributed by atoms with Gasteiger partial charge in [0.15, 0.2) is 0 Å². The van der Waals surface area contributed by atoms with E-state index in [1.165, 1.54) is 43.4 Å². The molecule has 8 heteroatoms. The second kappa shape index (κ2) is 8.66. The molecule has 25 heavy (non-hydrogen) atoms. The van der Waals surface area contributed by atoms with Gasteiger partial charge in [-0.25, -0.2) is 0 Å². The SMILES string of the molecule is CCCCCCCCc1nnc(NC(=O)c2ccc3n[nH]nc3c2)s1. The van der Waals surface area contributed by atoms with Crippen LogP contribution in [0, 0.1) is 0 Å². The third-order valence-corrected chi connectivity index (χ3v) is 4.91. The number of H-pyrrole nitrogens is 1. The van der Waals surface area contributed by atoms with Crippen LogP contribution in [0.1, 0.15) is 60.8 Å². The summed E-state index contributed by atoms with van der Waals surface area (Å²) in [6.45, 7) is 2.22. The topological polar surface area (TPSA) is 96.5 Å². The maximum absolute atomic E-state index is 12.3. The number of aromatic amines is 1. The molecule has 0 saturated carbocycles. The van der Waals surface area contributed by atoms with Crippen molar-refractivity contribution in [3.63, 3.8) is 0 Å². The summed E-state index contributed by atoms with van der Waals surface area (Å²) in [6, 6.07) is 5.18. The summed E-state index contributed by atoms with van der Waals surface area (Å²) in [5, 5.41) is 23.0. The third-order valence-electron chi connectivity index (χ3n) is 4.01. The van der Waals surface area contributed by atoms with Gasteiger partial charge in [-0.3, -0.25) is 10.1 Å². The minimum Gasteiger partial charge on any atom is -0.296 e. The van der Waals surface area contributed by atoms with E-state index in [-0.39, 0.29) is 5.91 Å². The summed E-state index contributed by atoms with van der Waals surface area (Å²) in [4.78, 5) is 12.3. The molecule has 0 radical (unpaired) electrons. The minimum atomic E-state index is -0.216. The molecule has 2 N–H and O–H groups in total. The quantitative estimate of drug-likeness (QED) is 0.564.